The number of rotatable bonds is 3. The van der Waals surface area contributed by atoms with Crippen LogP contribution in [-0.4, -0.2) is 9.55 Å². The van der Waals surface area contributed by atoms with Gasteiger partial charge in [-0.15, -0.1) is 0 Å². The van der Waals surface area contributed by atoms with Crippen molar-refractivity contribution in [1.82, 2.24) is 9.55 Å². The third kappa shape index (κ3) is 1.94. The Hall–Kier alpha value is -1.57. The second-order valence-corrected chi connectivity index (χ2v) is 4.26. The van der Waals surface area contributed by atoms with E-state index in [2.05, 4.69) is 40.0 Å². The maximum atomic E-state index is 4.44. The van der Waals surface area contributed by atoms with Crippen molar-refractivity contribution in [2.24, 2.45) is 5.92 Å². The smallest absolute Gasteiger partial charge is 0.0995 e. The van der Waals surface area contributed by atoms with E-state index in [1.165, 1.54) is 24.2 Å². The van der Waals surface area contributed by atoms with Gasteiger partial charge in [0.2, 0.25) is 0 Å². The van der Waals surface area contributed by atoms with E-state index in [4.69, 9.17) is 0 Å². The average molecular weight is 198 g/mol. The molecule has 0 amide bonds. The van der Waals surface area contributed by atoms with Gasteiger partial charge in [-0.25, -0.2) is 4.98 Å². The van der Waals surface area contributed by atoms with E-state index in [1.807, 2.05) is 12.4 Å². The number of para-hydroxylation sites is 1. The van der Waals surface area contributed by atoms with Crippen molar-refractivity contribution >= 4 is 0 Å². The van der Waals surface area contributed by atoms with E-state index in [0.29, 0.717) is 0 Å². The molecule has 15 heavy (non-hydrogen) atoms. The molecule has 0 N–H and O–H groups in total. The van der Waals surface area contributed by atoms with Crippen molar-refractivity contribution in [3.8, 4) is 5.69 Å². The highest BCUT2D eigenvalue weighted by atomic mass is 15.0. The molecule has 3 rings (SSSR count). The van der Waals surface area contributed by atoms with E-state index in [0.717, 1.165) is 12.3 Å². The lowest BCUT2D eigenvalue weighted by Gasteiger charge is -1.99. The maximum absolute atomic E-state index is 4.44. The van der Waals surface area contributed by atoms with Crippen LogP contribution in [0.15, 0.2) is 42.9 Å². The van der Waals surface area contributed by atoms with Crippen LogP contribution in [0.1, 0.15) is 18.5 Å². The summed E-state index contributed by atoms with van der Waals surface area (Å²) in [4.78, 5) is 4.44. The maximum Gasteiger partial charge on any atom is 0.0995 e. The molecular formula is C13H14N2. The first-order valence-electron chi connectivity index (χ1n) is 5.50. The van der Waals surface area contributed by atoms with E-state index >= 15 is 0 Å². The van der Waals surface area contributed by atoms with Gasteiger partial charge in [0.1, 0.15) is 0 Å². The lowest BCUT2D eigenvalue weighted by Crippen LogP contribution is -1.89. The predicted octanol–water partition coefficient (Wildman–Crippen LogP) is 2.82. The summed E-state index contributed by atoms with van der Waals surface area (Å²) < 4.78 is 2.09. The van der Waals surface area contributed by atoms with E-state index < -0.39 is 0 Å². The Morgan fingerprint density at radius 3 is 2.73 bits per heavy atom. The van der Waals surface area contributed by atoms with Gasteiger partial charge in [-0.1, -0.05) is 18.2 Å². The van der Waals surface area contributed by atoms with Crippen LogP contribution in [0.4, 0.5) is 0 Å². The zero-order chi connectivity index (χ0) is 10.1. The van der Waals surface area contributed by atoms with Crippen LogP contribution in [0.5, 0.6) is 0 Å². The highest BCUT2D eigenvalue weighted by molar-refractivity contribution is 5.31. The molecule has 2 nitrogen and oxygen atoms in total. The van der Waals surface area contributed by atoms with Crippen LogP contribution in [0.3, 0.4) is 0 Å². The topological polar surface area (TPSA) is 17.8 Å². The molecule has 1 aliphatic carbocycles. The monoisotopic (exact) mass is 198 g/mol. The molecule has 76 valence electrons. The Kier molecular flexibility index (Phi) is 2.05. The summed E-state index contributed by atoms with van der Waals surface area (Å²) in [7, 11) is 0. The van der Waals surface area contributed by atoms with Gasteiger partial charge in [0.15, 0.2) is 0 Å². The van der Waals surface area contributed by atoms with Gasteiger partial charge in [0.05, 0.1) is 12.0 Å². The van der Waals surface area contributed by atoms with Gasteiger partial charge < -0.3 is 4.57 Å². The second-order valence-electron chi connectivity index (χ2n) is 4.26. The third-order valence-electron chi connectivity index (χ3n) is 2.89. The van der Waals surface area contributed by atoms with Gasteiger partial charge in [0.25, 0.3) is 0 Å². The van der Waals surface area contributed by atoms with E-state index in [1.54, 1.807) is 0 Å². The van der Waals surface area contributed by atoms with Gasteiger partial charge in [0, 0.05) is 11.9 Å². The SMILES string of the molecule is c1ccc(-n2cnc(CC3CC3)c2)cc1. The summed E-state index contributed by atoms with van der Waals surface area (Å²) in [6.45, 7) is 0. The number of nitrogens with zero attached hydrogens (tertiary/aromatic N) is 2. The fourth-order valence-electron chi connectivity index (χ4n) is 1.83. The molecule has 2 aromatic rings. The first kappa shape index (κ1) is 8.72. The number of hydrogen-bond acceptors (Lipinski definition) is 1. The zero-order valence-electron chi connectivity index (χ0n) is 8.63. The van der Waals surface area contributed by atoms with Gasteiger partial charge in [-0.2, -0.15) is 0 Å². The van der Waals surface area contributed by atoms with Crippen LogP contribution in [0, 0.1) is 5.92 Å². The summed E-state index contributed by atoms with van der Waals surface area (Å²) in [5, 5.41) is 0. The van der Waals surface area contributed by atoms with Crippen LogP contribution >= 0.6 is 0 Å². The van der Waals surface area contributed by atoms with Crippen molar-refractivity contribution in [3.05, 3.63) is 48.5 Å². The average Bonchev–Trinajstić information content (AvgIpc) is 2.96. The Morgan fingerprint density at radius 1 is 1.20 bits per heavy atom. The molecule has 0 radical (unpaired) electrons. The first-order chi connectivity index (χ1) is 7.42. The molecule has 2 heteroatoms. The number of imidazole rings is 1. The number of benzene rings is 1. The van der Waals surface area contributed by atoms with E-state index in [9.17, 15) is 0 Å². The minimum Gasteiger partial charge on any atom is -0.306 e. The molecule has 1 aliphatic rings. The molecular weight excluding hydrogens is 184 g/mol. The van der Waals surface area contributed by atoms with Crippen LogP contribution in [0.2, 0.25) is 0 Å². The summed E-state index contributed by atoms with van der Waals surface area (Å²) in [5.74, 6) is 0.907. The standard InChI is InChI=1S/C13H14N2/c1-2-4-13(5-3-1)15-9-12(14-10-15)8-11-6-7-11/h1-5,9-11H,6-8H2. The van der Waals surface area contributed by atoms with Crippen molar-refractivity contribution in [3.63, 3.8) is 0 Å². The minimum atomic E-state index is 0.907. The predicted molar refractivity (Wildman–Crippen MR) is 60.0 cm³/mol. The highest BCUT2D eigenvalue weighted by Crippen LogP contribution is 2.32. The molecule has 0 saturated heterocycles. The molecule has 0 atom stereocenters. The first-order valence-corrected chi connectivity index (χ1v) is 5.50. The summed E-state index contributed by atoms with van der Waals surface area (Å²) in [5.41, 5.74) is 2.41. The molecule has 1 saturated carbocycles. The lowest BCUT2D eigenvalue weighted by atomic mass is 10.2. The van der Waals surface area contributed by atoms with Gasteiger partial charge in [-0.05, 0) is 37.3 Å². The van der Waals surface area contributed by atoms with Crippen LogP contribution < -0.4 is 0 Å². The Balaban J connectivity index is 1.83. The summed E-state index contributed by atoms with van der Waals surface area (Å²) >= 11 is 0. The van der Waals surface area contributed by atoms with Crippen molar-refractivity contribution in [1.29, 1.82) is 0 Å². The zero-order valence-corrected chi connectivity index (χ0v) is 8.63. The molecule has 1 aromatic heterocycles. The molecule has 0 unspecified atom stereocenters. The third-order valence-corrected chi connectivity index (χ3v) is 2.89. The van der Waals surface area contributed by atoms with Gasteiger partial charge >= 0.3 is 0 Å². The largest absolute Gasteiger partial charge is 0.306 e. The fourth-order valence-corrected chi connectivity index (χ4v) is 1.83. The Labute approximate surface area is 89.6 Å². The molecule has 1 heterocycles. The van der Waals surface area contributed by atoms with Crippen molar-refractivity contribution in [2.45, 2.75) is 19.3 Å². The molecule has 0 bridgehead atoms. The van der Waals surface area contributed by atoms with Crippen molar-refractivity contribution < 1.29 is 0 Å². The lowest BCUT2D eigenvalue weighted by molar-refractivity contribution is 0.810. The summed E-state index contributed by atoms with van der Waals surface area (Å²) in [6, 6.07) is 10.3. The second kappa shape index (κ2) is 3.54. The fraction of sp³-hybridized carbons (Fsp3) is 0.308. The molecule has 0 aliphatic heterocycles. The van der Waals surface area contributed by atoms with Gasteiger partial charge in [-0.3, -0.25) is 0 Å². The van der Waals surface area contributed by atoms with Crippen LogP contribution in [0.25, 0.3) is 5.69 Å². The highest BCUT2D eigenvalue weighted by Gasteiger charge is 2.22. The normalized spacial score (nSPS) is 15.5. The Bertz CT molecular complexity index is 441. The quantitative estimate of drug-likeness (QED) is 0.741. The number of aromatic nitrogens is 2. The minimum absolute atomic E-state index is 0.907. The number of hydrogen-bond donors (Lipinski definition) is 0. The Morgan fingerprint density at radius 2 is 2.00 bits per heavy atom. The summed E-state index contributed by atoms with van der Waals surface area (Å²) in [6.07, 6.45) is 7.98. The van der Waals surface area contributed by atoms with Crippen LogP contribution in [-0.2, 0) is 6.42 Å². The molecule has 1 fully saturated rings. The molecule has 1 aromatic carbocycles. The molecule has 0 spiro atoms. The van der Waals surface area contributed by atoms with Crippen molar-refractivity contribution in [2.75, 3.05) is 0 Å². The van der Waals surface area contributed by atoms with E-state index in [-0.39, 0.29) is 0 Å².